The number of para-hydroxylation sites is 1. The Morgan fingerprint density at radius 2 is 2.21 bits per heavy atom. The molecule has 0 saturated carbocycles. The van der Waals surface area contributed by atoms with Crippen LogP contribution in [0.2, 0.25) is 0 Å². The van der Waals surface area contributed by atoms with Crippen LogP contribution in [0, 0.1) is 0 Å². The highest BCUT2D eigenvalue weighted by molar-refractivity contribution is 7.80. The first-order valence-electron chi connectivity index (χ1n) is 4.76. The number of methoxy groups -OCH3 is 1. The molecule has 1 aromatic carbocycles. The van der Waals surface area contributed by atoms with Gasteiger partial charge in [0.1, 0.15) is 0 Å². The van der Waals surface area contributed by atoms with Crippen LogP contribution in [0.5, 0.6) is 0 Å². The minimum Gasteiger partial charge on any atom is -0.474 e. The molecular formula is C11H13NOS. The van der Waals surface area contributed by atoms with Crippen molar-refractivity contribution in [2.75, 3.05) is 18.6 Å². The van der Waals surface area contributed by atoms with Gasteiger partial charge in [-0.05, 0) is 36.7 Å². The van der Waals surface area contributed by atoms with Gasteiger partial charge in [-0.2, -0.15) is 0 Å². The number of hydrogen-bond donors (Lipinski definition) is 0. The predicted octanol–water partition coefficient (Wildman–Crippen LogP) is 2.37. The molecule has 3 heteroatoms. The van der Waals surface area contributed by atoms with E-state index in [1.54, 1.807) is 7.11 Å². The third-order valence-corrected chi connectivity index (χ3v) is 2.89. The maximum Gasteiger partial charge on any atom is 0.263 e. The number of aryl methyl sites for hydroxylation is 1. The van der Waals surface area contributed by atoms with Gasteiger partial charge in [0, 0.05) is 12.2 Å². The maximum atomic E-state index is 5.16. The quantitative estimate of drug-likeness (QED) is 0.606. The standard InChI is InChI=1S/C11H13NOS/c1-13-11(14)12-8-4-6-9-5-2-3-7-10(9)12/h2-3,5,7H,4,6,8H2,1H3. The minimum atomic E-state index is 0.567. The molecule has 2 nitrogen and oxygen atoms in total. The van der Waals surface area contributed by atoms with E-state index in [-0.39, 0.29) is 0 Å². The largest absolute Gasteiger partial charge is 0.474 e. The molecule has 1 aliphatic rings. The van der Waals surface area contributed by atoms with Crippen LogP contribution >= 0.6 is 12.2 Å². The second-order valence-electron chi connectivity index (χ2n) is 3.35. The van der Waals surface area contributed by atoms with Crippen LogP contribution in [0.4, 0.5) is 5.69 Å². The summed E-state index contributed by atoms with van der Waals surface area (Å²) in [5.41, 5.74) is 2.56. The molecule has 0 fully saturated rings. The second-order valence-corrected chi connectivity index (χ2v) is 3.70. The van der Waals surface area contributed by atoms with Crippen LogP contribution in [-0.4, -0.2) is 18.8 Å². The zero-order valence-electron chi connectivity index (χ0n) is 8.19. The lowest BCUT2D eigenvalue weighted by Crippen LogP contribution is -2.35. The fourth-order valence-corrected chi connectivity index (χ4v) is 2.02. The summed E-state index contributed by atoms with van der Waals surface area (Å²) in [4.78, 5) is 2.06. The lowest BCUT2D eigenvalue weighted by Gasteiger charge is -2.30. The van der Waals surface area contributed by atoms with Gasteiger partial charge in [-0.3, -0.25) is 0 Å². The normalized spacial score (nSPS) is 14.8. The van der Waals surface area contributed by atoms with E-state index in [9.17, 15) is 0 Å². The van der Waals surface area contributed by atoms with Crippen LogP contribution in [0.1, 0.15) is 12.0 Å². The van der Waals surface area contributed by atoms with Gasteiger partial charge >= 0.3 is 0 Å². The molecule has 0 aliphatic carbocycles. The van der Waals surface area contributed by atoms with E-state index in [1.165, 1.54) is 11.3 Å². The highest BCUT2D eigenvalue weighted by atomic mass is 32.1. The highest BCUT2D eigenvalue weighted by Crippen LogP contribution is 2.26. The molecule has 2 rings (SSSR count). The number of benzene rings is 1. The van der Waals surface area contributed by atoms with Gasteiger partial charge in [-0.1, -0.05) is 18.2 Å². The molecule has 1 aliphatic heterocycles. The monoisotopic (exact) mass is 207 g/mol. The van der Waals surface area contributed by atoms with E-state index in [0.717, 1.165) is 19.4 Å². The Hall–Kier alpha value is -1.09. The Bertz CT molecular complexity index is 351. The van der Waals surface area contributed by atoms with E-state index in [4.69, 9.17) is 17.0 Å². The minimum absolute atomic E-state index is 0.567. The summed E-state index contributed by atoms with van der Waals surface area (Å²) in [6.07, 6.45) is 2.28. The Morgan fingerprint density at radius 1 is 1.43 bits per heavy atom. The summed E-state index contributed by atoms with van der Waals surface area (Å²) in [6, 6.07) is 8.35. The number of anilines is 1. The predicted molar refractivity (Wildman–Crippen MR) is 61.7 cm³/mol. The van der Waals surface area contributed by atoms with Crippen LogP contribution < -0.4 is 4.90 Å². The van der Waals surface area contributed by atoms with Crippen LogP contribution in [-0.2, 0) is 11.2 Å². The molecule has 0 aromatic heterocycles. The van der Waals surface area contributed by atoms with Gasteiger partial charge in [0.15, 0.2) is 0 Å². The van der Waals surface area contributed by atoms with Crippen molar-refractivity contribution in [3.8, 4) is 0 Å². The van der Waals surface area contributed by atoms with Crippen LogP contribution in [0.3, 0.4) is 0 Å². The van der Waals surface area contributed by atoms with E-state index in [1.807, 2.05) is 6.07 Å². The summed E-state index contributed by atoms with van der Waals surface area (Å²) >= 11 is 5.16. The first-order valence-corrected chi connectivity index (χ1v) is 5.17. The summed E-state index contributed by atoms with van der Waals surface area (Å²) in [7, 11) is 1.62. The molecule has 0 amide bonds. The molecule has 1 aromatic rings. The van der Waals surface area contributed by atoms with Crippen molar-refractivity contribution in [1.82, 2.24) is 0 Å². The van der Waals surface area contributed by atoms with Crippen molar-refractivity contribution in [3.63, 3.8) is 0 Å². The lowest BCUT2D eigenvalue weighted by atomic mass is 10.0. The molecule has 0 atom stereocenters. The number of thiocarbonyl (C=S) groups is 1. The lowest BCUT2D eigenvalue weighted by molar-refractivity contribution is 0.401. The van der Waals surface area contributed by atoms with Crippen molar-refractivity contribution in [3.05, 3.63) is 29.8 Å². The van der Waals surface area contributed by atoms with Gasteiger partial charge in [-0.25, -0.2) is 0 Å². The molecule has 0 saturated heterocycles. The first-order chi connectivity index (χ1) is 6.83. The fourth-order valence-electron chi connectivity index (χ4n) is 1.83. The molecule has 1 heterocycles. The Labute approximate surface area is 89.5 Å². The molecule has 14 heavy (non-hydrogen) atoms. The molecule has 74 valence electrons. The highest BCUT2D eigenvalue weighted by Gasteiger charge is 2.19. The van der Waals surface area contributed by atoms with E-state index in [2.05, 4.69) is 23.1 Å². The third kappa shape index (κ3) is 1.60. The number of ether oxygens (including phenoxy) is 1. The van der Waals surface area contributed by atoms with Gasteiger partial charge in [-0.15, -0.1) is 0 Å². The summed E-state index contributed by atoms with van der Waals surface area (Å²) in [5, 5.41) is 0.567. The molecular weight excluding hydrogens is 194 g/mol. The number of fused-ring (bicyclic) bond motifs is 1. The van der Waals surface area contributed by atoms with E-state index in [0.29, 0.717) is 5.17 Å². The van der Waals surface area contributed by atoms with Crippen LogP contribution in [0.15, 0.2) is 24.3 Å². The zero-order chi connectivity index (χ0) is 9.97. The molecule has 0 unspecified atom stereocenters. The Balaban J connectivity index is 2.35. The topological polar surface area (TPSA) is 12.5 Å². The SMILES string of the molecule is COC(=S)N1CCCc2ccccc21. The van der Waals surface area contributed by atoms with Crippen molar-refractivity contribution in [2.24, 2.45) is 0 Å². The smallest absolute Gasteiger partial charge is 0.263 e. The zero-order valence-corrected chi connectivity index (χ0v) is 9.01. The molecule has 0 radical (unpaired) electrons. The Morgan fingerprint density at radius 3 is 3.00 bits per heavy atom. The van der Waals surface area contributed by atoms with E-state index >= 15 is 0 Å². The summed E-state index contributed by atoms with van der Waals surface area (Å²) in [6.45, 7) is 0.962. The van der Waals surface area contributed by atoms with Crippen LogP contribution in [0.25, 0.3) is 0 Å². The number of hydrogen-bond acceptors (Lipinski definition) is 2. The molecule has 0 spiro atoms. The van der Waals surface area contributed by atoms with Gasteiger partial charge in [0.2, 0.25) is 0 Å². The van der Waals surface area contributed by atoms with Crippen molar-refractivity contribution in [2.45, 2.75) is 12.8 Å². The molecule has 0 N–H and O–H groups in total. The number of nitrogens with zero attached hydrogens (tertiary/aromatic N) is 1. The summed E-state index contributed by atoms with van der Waals surface area (Å²) in [5.74, 6) is 0. The third-order valence-electron chi connectivity index (χ3n) is 2.51. The van der Waals surface area contributed by atoms with E-state index < -0.39 is 0 Å². The summed E-state index contributed by atoms with van der Waals surface area (Å²) < 4.78 is 5.10. The van der Waals surface area contributed by atoms with Crippen molar-refractivity contribution >= 4 is 23.1 Å². The van der Waals surface area contributed by atoms with Crippen molar-refractivity contribution < 1.29 is 4.74 Å². The van der Waals surface area contributed by atoms with Gasteiger partial charge in [0.05, 0.1) is 7.11 Å². The van der Waals surface area contributed by atoms with Gasteiger partial charge in [0.25, 0.3) is 5.17 Å². The second kappa shape index (κ2) is 3.96. The maximum absolute atomic E-state index is 5.16. The number of rotatable bonds is 0. The molecule has 0 bridgehead atoms. The average molecular weight is 207 g/mol. The fraction of sp³-hybridized carbons (Fsp3) is 0.364. The van der Waals surface area contributed by atoms with Gasteiger partial charge < -0.3 is 9.64 Å². The first kappa shape index (κ1) is 9.46. The average Bonchev–Trinajstić information content (AvgIpc) is 2.27. The Kier molecular flexibility index (Phi) is 2.68. The van der Waals surface area contributed by atoms with Crippen molar-refractivity contribution in [1.29, 1.82) is 0 Å².